The molecule has 13 heavy (non-hydrogen) atoms. The fourth-order valence-corrected chi connectivity index (χ4v) is 1.83. The van der Waals surface area contributed by atoms with Gasteiger partial charge in [0, 0.05) is 11.4 Å². The molecule has 0 bridgehead atoms. The molecule has 0 aromatic carbocycles. The van der Waals surface area contributed by atoms with Crippen LogP contribution in [0.15, 0.2) is 12.1 Å². The van der Waals surface area contributed by atoms with Gasteiger partial charge in [-0.1, -0.05) is 6.07 Å². The minimum Gasteiger partial charge on any atom is -0.481 e. The largest absolute Gasteiger partial charge is 0.481 e. The maximum absolute atomic E-state index is 10.8. The van der Waals surface area contributed by atoms with Crippen LogP contribution in [0.25, 0.3) is 0 Å². The van der Waals surface area contributed by atoms with Crippen molar-refractivity contribution >= 4 is 5.97 Å². The fraction of sp³-hybridized carbons (Fsp3) is 0.400. The Hall–Kier alpha value is -1.38. The molecule has 3 nitrogen and oxygen atoms in total. The normalized spacial score (nSPS) is 19.9. The van der Waals surface area contributed by atoms with Gasteiger partial charge in [0.1, 0.15) is 0 Å². The third kappa shape index (κ3) is 1.30. The summed E-state index contributed by atoms with van der Waals surface area (Å²) in [4.78, 5) is 15.1. The minimum absolute atomic E-state index is 0.330. The van der Waals surface area contributed by atoms with E-state index in [-0.39, 0.29) is 5.92 Å². The third-order valence-corrected chi connectivity index (χ3v) is 2.49. The van der Waals surface area contributed by atoms with Gasteiger partial charge in [-0.05, 0) is 31.4 Å². The quantitative estimate of drug-likeness (QED) is 0.707. The molecule has 1 aromatic heterocycles. The van der Waals surface area contributed by atoms with Crippen molar-refractivity contribution in [2.24, 2.45) is 0 Å². The molecule has 0 saturated heterocycles. The second-order valence-electron chi connectivity index (χ2n) is 3.42. The van der Waals surface area contributed by atoms with Crippen molar-refractivity contribution in [2.75, 3.05) is 0 Å². The van der Waals surface area contributed by atoms with E-state index in [2.05, 4.69) is 4.98 Å². The van der Waals surface area contributed by atoms with Crippen molar-refractivity contribution in [3.8, 4) is 0 Å². The SMILES string of the molecule is Cc1ccc2c(n1)CCC2C(=O)O. The van der Waals surface area contributed by atoms with Gasteiger partial charge < -0.3 is 5.11 Å². The Morgan fingerprint density at radius 2 is 2.38 bits per heavy atom. The maximum atomic E-state index is 10.8. The van der Waals surface area contributed by atoms with Gasteiger partial charge in [-0.15, -0.1) is 0 Å². The van der Waals surface area contributed by atoms with Crippen molar-refractivity contribution in [2.45, 2.75) is 25.7 Å². The summed E-state index contributed by atoms with van der Waals surface area (Å²) in [5.41, 5.74) is 2.83. The Morgan fingerprint density at radius 3 is 3.08 bits per heavy atom. The van der Waals surface area contributed by atoms with Gasteiger partial charge in [0.05, 0.1) is 5.92 Å². The number of hydrogen-bond acceptors (Lipinski definition) is 2. The number of aliphatic carboxylic acids is 1. The number of nitrogens with zero attached hydrogens (tertiary/aromatic N) is 1. The summed E-state index contributed by atoms with van der Waals surface area (Å²) in [5.74, 6) is -1.06. The van der Waals surface area contributed by atoms with Gasteiger partial charge >= 0.3 is 5.97 Å². The first kappa shape index (κ1) is 8.23. The summed E-state index contributed by atoms with van der Waals surface area (Å²) in [6.45, 7) is 1.92. The van der Waals surface area contributed by atoms with Crippen molar-refractivity contribution in [3.63, 3.8) is 0 Å². The van der Waals surface area contributed by atoms with Crippen LogP contribution in [-0.2, 0) is 11.2 Å². The second kappa shape index (κ2) is 2.83. The van der Waals surface area contributed by atoms with E-state index in [1.807, 2.05) is 19.1 Å². The molecule has 2 rings (SSSR count). The molecule has 0 spiro atoms. The Labute approximate surface area is 76.4 Å². The first-order valence-corrected chi connectivity index (χ1v) is 4.37. The third-order valence-electron chi connectivity index (χ3n) is 2.49. The summed E-state index contributed by atoms with van der Waals surface area (Å²) in [7, 11) is 0. The number of carboxylic acids is 1. The molecule has 1 aromatic rings. The number of carboxylic acid groups (broad SMARTS) is 1. The first-order valence-electron chi connectivity index (χ1n) is 4.37. The summed E-state index contributed by atoms with van der Waals surface area (Å²) < 4.78 is 0. The molecular formula is C10H11NO2. The monoisotopic (exact) mass is 177 g/mol. The number of pyridine rings is 1. The molecule has 0 aliphatic heterocycles. The van der Waals surface area contributed by atoms with Crippen molar-refractivity contribution < 1.29 is 9.90 Å². The van der Waals surface area contributed by atoms with E-state index in [1.165, 1.54) is 0 Å². The van der Waals surface area contributed by atoms with Crippen LogP contribution in [0, 0.1) is 6.92 Å². The molecule has 68 valence electrons. The number of aryl methyl sites for hydroxylation is 2. The molecule has 1 heterocycles. The molecule has 0 fully saturated rings. The molecule has 1 unspecified atom stereocenters. The molecule has 0 amide bonds. The van der Waals surface area contributed by atoms with Gasteiger partial charge in [-0.2, -0.15) is 0 Å². The van der Waals surface area contributed by atoms with Crippen LogP contribution in [0.5, 0.6) is 0 Å². The molecule has 3 heteroatoms. The van der Waals surface area contributed by atoms with Gasteiger partial charge in [-0.3, -0.25) is 9.78 Å². The van der Waals surface area contributed by atoms with Crippen LogP contribution in [-0.4, -0.2) is 16.1 Å². The van der Waals surface area contributed by atoms with Crippen molar-refractivity contribution in [1.82, 2.24) is 4.98 Å². The summed E-state index contributed by atoms with van der Waals surface area (Å²) >= 11 is 0. The average molecular weight is 177 g/mol. The molecule has 1 aliphatic rings. The van der Waals surface area contributed by atoms with E-state index in [0.717, 1.165) is 23.4 Å². The lowest BCUT2D eigenvalue weighted by atomic mass is 10.0. The Kier molecular flexibility index (Phi) is 1.79. The highest BCUT2D eigenvalue weighted by Crippen LogP contribution is 2.31. The van der Waals surface area contributed by atoms with Crippen LogP contribution in [0.2, 0.25) is 0 Å². The van der Waals surface area contributed by atoms with Gasteiger partial charge in [0.15, 0.2) is 0 Å². The zero-order valence-corrected chi connectivity index (χ0v) is 7.45. The van der Waals surface area contributed by atoms with E-state index in [4.69, 9.17) is 5.11 Å². The maximum Gasteiger partial charge on any atom is 0.311 e. The fourth-order valence-electron chi connectivity index (χ4n) is 1.83. The van der Waals surface area contributed by atoms with Crippen LogP contribution in [0.1, 0.15) is 29.3 Å². The highest BCUT2D eigenvalue weighted by molar-refractivity contribution is 5.77. The summed E-state index contributed by atoms with van der Waals surface area (Å²) in [5, 5.41) is 8.90. The number of rotatable bonds is 1. The number of hydrogen-bond donors (Lipinski definition) is 1. The minimum atomic E-state index is -0.732. The molecule has 0 radical (unpaired) electrons. The predicted octanol–water partition coefficient (Wildman–Crippen LogP) is 1.50. The Morgan fingerprint density at radius 1 is 1.62 bits per heavy atom. The Balaban J connectivity index is 2.44. The highest BCUT2D eigenvalue weighted by atomic mass is 16.4. The second-order valence-corrected chi connectivity index (χ2v) is 3.42. The van der Waals surface area contributed by atoms with E-state index < -0.39 is 5.97 Å². The van der Waals surface area contributed by atoms with Crippen LogP contribution < -0.4 is 0 Å². The first-order chi connectivity index (χ1) is 6.18. The van der Waals surface area contributed by atoms with E-state index in [9.17, 15) is 4.79 Å². The molecule has 1 atom stereocenters. The number of aromatic nitrogens is 1. The summed E-state index contributed by atoms with van der Waals surface area (Å²) in [6, 6.07) is 3.77. The number of fused-ring (bicyclic) bond motifs is 1. The lowest BCUT2D eigenvalue weighted by Crippen LogP contribution is -2.07. The Bertz CT molecular complexity index is 360. The predicted molar refractivity (Wildman–Crippen MR) is 47.7 cm³/mol. The molecule has 1 aliphatic carbocycles. The van der Waals surface area contributed by atoms with E-state index in [1.54, 1.807) is 0 Å². The van der Waals surface area contributed by atoms with E-state index >= 15 is 0 Å². The molecular weight excluding hydrogens is 166 g/mol. The van der Waals surface area contributed by atoms with Crippen LogP contribution in [0.3, 0.4) is 0 Å². The standard InChI is InChI=1S/C10H11NO2/c1-6-2-3-7-8(10(12)13)4-5-9(7)11-6/h2-3,8H,4-5H2,1H3,(H,12,13). The smallest absolute Gasteiger partial charge is 0.311 e. The van der Waals surface area contributed by atoms with Crippen LogP contribution >= 0.6 is 0 Å². The summed E-state index contributed by atoms with van der Waals surface area (Å²) in [6.07, 6.45) is 1.50. The topological polar surface area (TPSA) is 50.2 Å². The van der Waals surface area contributed by atoms with Crippen molar-refractivity contribution in [1.29, 1.82) is 0 Å². The molecule has 0 saturated carbocycles. The van der Waals surface area contributed by atoms with Gasteiger partial charge in [0.25, 0.3) is 0 Å². The van der Waals surface area contributed by atoms with E-state index in [0.29, 0.717) is 6.42 Å². The zero-order valence-electron chi connectivity index (χ0n) is 7.45. The lowest BCUT2D eigenvalue weighted by molar-refractivity contribution is -0.138. The van der Waals surface area contributed by atoms with Crippen molar-refractivity contribution in [3.05, 3.63) is 29.1 Å². The highest BCUT2D eigenvalue weighted by Gasteiger charge is 2.28. The van der Waals surface area contributed by atoms with Crippen LogP contribution in [0.4, 0.5) is 0 Å². The average Bonchev–Trinajstić information content (AvgIpc) is 2.46. The van der Waals surface area contributed by atoms with Gasteiger partial charge in [0.2, 0.25) is 0 Å². The van der Waals surface area contributed by atoms with Gasteiger partial charge in [-0.25, -0.2) is 0 Å². The lowest BCUT2D eigenvalue weighted by Gasteiger charge is -2.04. The zero-order chi connectivity index (χ0) is 9.42. The molecule has 1 N–H and O–H groups in total. The number of carbonyl (C=O) groups is 1.